The number of hydrogen-bond acceptors (Lipinski definition) is 1. The Morgan fingerprint density at radius 3 is 2.80 bits per heavy atom. The second-order valence-electron chi connectivity index (χ2n) is 2.22. The first-order chi connectivity index (χ1) is 4.75. The standard InChI is InChI=1S/C8H10FN/c1-3-7-4-5-10-6(2)8(7)9/h4-5H,3H2,1-2H3. The minimum Gasteiger partial charge on any atom is -0.259 e. The van der Waals surface area contributed by atoms with E-state index in [1.165, 1.54) is 0 Å². The van der Waals surface area contributed by atoms with Gasteiger partial charge in [-0.15, -0.1) is 0 Å². The Labute approximate surface area is 59.9 Å². The van der Waals surface area contributed by atoms with E-state index in [2.05, 4.69) is 4.98 Å². The van der Waals surface area contributed by atoms with Gasteiger partial charge in [-0.05, 0) is 25.0 Å². The van der Waals surface area contributed by atoms with E-state index in [0.717, 1.165) is 12.0 Å². The van der Waals surface area contributed by atoms with Crippen LogP contribution in [0.5, 0.6) is 0 Å². The smallest absolute Gasteiger partial charge is 0.147 e. The summed E-state index contributed by atoms with van der Waals surface area (Å²) in [6, 6.07) is 1.71. The molecular weight excluding hydrogens is 129 g/mol. The summed E-state index contributed by atoms with van der Waals surface area (Å²) >= 11 is 0. The second kappa shape index (κ2) is 2.78. The Morgan fingerprint density at radius 2 is 2.30 bits per heavy atom. The van der Waals surface area contributed by atoms with E-state index in [9.17, 15) is 4.39 Å². The Hall–Kier alpha value is -0.920. The molecule has 0 unspecified atom stereocenters. The zero-order valence-electron chi connectivity index (χ0n) is 6.19. The number of aryl methyl sites for hydroxylation is 2. The lowest BCUT2D eigenvalue weighted by Crippen LogP contribution is -1.93. The first-order valence-electron chi connectivity index (χ1n) is 3.35. The van der Waals surface area contributed by atoms with Crippen LogP contribution >= 0.6 is 0 Å². The maximum atomic E-state index is 12.9. The summed E-state index contributed by atoms with van der Waals surface area (Å²) in [6.07, 6.45) is 2.37. The molecule has 0 fully saturated rings. The number of rotatable bonds is 1. The number of nitrogens with zero attached hydrogens (tertiary/aromatic N) is 1. The lowest BCUT2D eigenvalue weighted by molar-refractivity contribution is 0.594. The molecule has 0 aliphatic rings. The Kier molecular flexibility index (Phi) is 2.00. The van der Waals surface area contributed by atoms with E-state index in [1.54, 1.807) is 19.2 Å². The maximum Gasteiger partial charge on any atom is 0.147 e. The topological polar surface area (TPSA) is 12.9 Å². The van der Waals surface area contributed by atoms with Crippen molar-refractivity contribution in [2.24, 2.45) is 0 Å². The van der Waals surface area contributed by atoms with Crippen molar-refractivity contribution in [3.8, 4) is 0 Å². The summed E-state index contributed by atoms with van der Waals surface area (Å²) in [6.45, 7) is 3.60. The third kappa shape index (κ3) is 1.15. The molecule has 0 aliphatic carbocycles. The van der Waals surface area contributed by atoms with Crippen LogP contribution < -0.4 is 0 Å². The fourth-order valence-corrected chi connectivity index (χ4v) is 0.874. The van der Waals surface area contributed by atoms with Crippen molar-refractivity contribution < 1.29 is 4.39 Å². The molecule has 0 N–H and O–H groups in total. The Morgan fingerprint density at radius 1 is 1.60 bits per heavy atom. The largest absolute Gasteiger partial charge is 0.259 e. The van der Waals surface area contributed by atoms with Gasteiger partial charge in [0, 0.05) is 6.20 Å². The monoisotopic (exact) mass is 139 g/mol. The van der Waals surface area contributed by atoms with Crippen molar-refractivity contribution in [2.45, 2.75) is 20.3 Å². The molecule has 10 heavy (non-hydrogen) atoms. The van der Waals surface area contributed by atoms with Crippen molar-refractivity contribution in [1.29, 1.82) is 0 Å². The van der Waals surface area contributed by atoms with Gasteiger partial charge in [-0.25, -0.2) is 4.39 Å². The molecule has 2 heteroatoms. The van der Waals surface area contributed by atoms with Crippen molar-refractivity contribution in [3.05, 3.63) is 29.3 Å². The molecule has 1 nitrogen and oxygen atoms in total. The van der Waals surface area contributed by atoms with E-state index in [1.807, 2.05) is 6.92 Å². The lowest BCUT2D eigenvalue weighted by atomic mass is 10.2. The average molecular weight is 139 g/mol. The number of aromatic nitrogens is 1. The molecule has 1 rings (SSSR count). The minimum absolute atomic E-state index is 0.162. The molecule has 0 aliphatic heterocycles. The van der Waals surface area contributed by atoms with E-state index in [4.69, 9.17) is 0 Å². The highest BCUT2D eigenvalue weighted by molar-refractivity contribution is 5.17. The molecule has 54 valence electrons. The SMILES string of the molecule is CCc1ccnc(C)c1F. The molecular formula is C8H10FN. The maximum absolute atomic E-state index is 12.9. The minimum atomic E-state index is -0.162. The van der Waals surface area contributed by atoms with E-state index in [-0.39, 0.29) is 5.82 Å². The molecule has 0 saturated carbocycles. The zero-order chi connectivity index (χ0) is 7.56. The van der Waals surface area contributed by atoms with Crippen molar-refractivity contribution in [2.75, 3.05) is 0 Å². The molecule has 1 aromatic rings. The van der Waals surface area contributed by atoms with E-state index in [0.29, 0.717) is 5.69 Å². The molecule has 0 atom stereocenters. The van der Waals surface area contributed by atoms with Crippen LogP contribution in [0, 0.1) is 12.7 Å². The third-order valence-corrected chi connectivity index (χ3v) is 1.52. The van der Waals surface area contributed by atoms with Crippen LogP contribution in [0.2, 0.25) is 0 Å². The highest BCUT2D eigenvalue weighted by Crippen LogP contribution is 2.08. The van der Waals surface area contributed by atoms with Crippen LogP contribution in [0.4, 0.5) is 4.39 Å². The van der Waals surface area contributed by atoms with Gasteiger partial charge in [0.05, 0.1) is 5.69 Å². The Balaban J connectivity index is 3.14. The summed E-state index contributed by atoms with van der Waals surface area (Å²) in [5.41, 5.74) is 1.23. The van der Waals surface area contributed by atoms with E-state index >= 15 is 0 Å². The quantitative estimate of drug-likeness (QED) is 0.580. The summed E-state index contributed by atoms with van der Waals surface area (Å²) in [5, 5.41) is 0. The predicted octanol–water partition coefficient (Wildman–Crippen LogP) is 2.09. The average Bonchev–Trinajstić information content (AvgIpc) is 1.95. The first-order valence-corrected chi connectivity index (χ1v) is 3.35. The molecule has 0 aromatic carbocycles. The molecule has 0 radical (unpaired) electrons. The van der Waals surface area contributed by atoms with Crippen molar-refractivity contribution >= 4 is 0 Å². The Bertz CT molecular complexity index is 233. The van der Waals surface area contributed by atoms with Gasteiger partial charge in [0.2, 0.25) is 0 Å². The zero-order valence-corrected chi connectivity index (χ0v) is 6.19. The van der Waals surface area contributed by atoms with Gasteiger partial charge in [0.1, 0.15) is 5.82 Å². The van der Waals surface area contributed by atoms with Crippen LogP contribution in [0.1, 0.15) is 18.2 Å². The summed E-state index contributed by atoms with van der Waals surface area (Å²) in [4.78, 5) is 3.81. The van der Waals surface area contributed by atoms with Gasteiger partial charge >= 0.3 is 0 Å². The van der Waals surface area contributed by atoms with Gasteiger partial charge in [0.15, 0.2) is 0 Å². The van der Waals surface area contributed by atoms with Crippen LogP contribution in [-0.2, 0) is 6.42 Å². The van der Waals surface area contributed by atoms with Crippen LogP contribution in [-0.4, -0.2) is 4.98 Å². The highest BCUT2D eigenvalue weighted by atomic mass is 19.1. The normalized spacial score (nSPS) is 9.90. The van der Waals surface area contributed by atoms with Gasteiger partial charge in [0.25, 0.3) is 0 Å². The van der Waals surface area contributed by atoms with Crippen LogP contribution in [0.15, 0.2) is 12.3 Å². The number of halogens is 1. The van der Waals surface area contributed by atoms with Gasteiger partial charge in [-0.2, -0.15) is 0 Å². The number of hydrogen-bond donors (Lipinski definition) is 0. The summed E-state index contributed by atoms with van der Waals surface area (Å²) < 4.78 is 12.9. The summed E-state index contributed by atoms with van der Waals surface area (Å²) in [7, 11) is 0. The van der Waals surface area contributed by atoms with Gasteiger partial charge < -0.3 is 0 Å². The molecule has 0 amide bonds. The highest BCUT2D eigenvalue weighted by Gasteiger charge is 2.01. The van der Waals surface area contributed by atoms with E-state index < -0.39 is 0 Å². The van der Waals surface area contributed by atoms with Crippen LogP contribution in [0.3, 0.4) is 0 Å². The second-order valence-corrected chi connectivity index (χ2v) is 2.22. The molecule has 0 bridgehead atoms. The fourth-order valence-electron chi connectivity index (χ4n) is 0.874. The predicted molar refractivity (Wildman–Crippen MR) is 38.3 cm³/mol. The van der Waals surface area contributed by atoms with Gasteiger partial charge in [-0.1, -0.05) is 6.92 Å². The molecule has 0 saturated heterocycles. The fraction of sp³-hybridized carbons (Fsp3) is 0.375. The van der Waals surface area contributed by atoms with Crippen molar-refractivity contribution in [1.82, 2.24) is 4.98 Å². The van der Waals surface area contributed by atoms with Gasteiger partial charge in [-0.3, -0.25) is 4.98 Å². The molecule has 0 spiro atoms. The van der Waals surface area contributed by atoms with Crippen LogP contribution in [0.25, 0.3) is 0 Å². The van der Waals surface area contributed by atoms with Crippen molar-refractivity contribution in [3.63, 3.8) is 0 Å². The summed E-state index contributed by atoms with van der Waals surface area (Å²) in [5.74, 6) is -0.162. The number of pyridine rings is 1. The lowest BCUT2D eigenvalue weighted by Gasteiger charge is -1.99. The molecule has 1 aromatic heterocycles. The third-order valence-electron chi connectivity index (χ3n) is 1.52. The molecule has 1 heterocycles. The first kappa shape index (κ1) is 7.19.